The Balaban J connectivity index is 1.60. The number of aryl methyl sites for hydroxylation is 1. The second-order valence-corrected chi connectivity index (χ2v) is 6.74. The lowest BCUT2D eigenvalue weighted by atomic mass is 10.1. The third kappa shape index (κ3) is 3.63. The van der Waals surface area contributed by atoms with Crippen LogP contribution in [0.15, 0.2) is 28.7 Å². The van der Waals surface area contributed by atoms with Gasteiger partial charge in [0.2, 0.25) is 11.8 Å². The summed E-state index contributed by atoms with van der Waals surface area (Å²) in [6.07, 6.45) is 0.781. The Bertz CT molecular complexity index is 667. The van der Waals surface area contributed by atoms with Crippen molar-refractivity contribution in [1.82, 2.24) is 20.0 Å². The summed E-state index contributed by atoms with van der Waals surface area (Å²) in [5, 5.41) is 9.11. The Hall–Kier alpha value is -1.43. The molecule has 2 heterocycles. The van der Waals surface area contributed by atoms with Gasteiger partial charge in [-0.05, 0) is 25.5 Å². The molecule has 1 saturated heterocycles. The highest BCUT2D eigenvalue weighted by Crippen LogP contribution is 2.29. The van der Waals surface area contributed by atoms with Crippen LogP contribution in [-0.4, -0.2) is 46.2 Å². The van der Waals surface area contributed by atoms with Gasteiger partial charge in [-0.3, -0.25) is 9.80 Å². The van der Waals surface area contributed by atoms with Gasteiger partial charge in [-0.25, -0.2) is 0 Å². The summed E-state index contributed by atoms with van der Waals surface area (Å²) in [6.45, 7) is 10.4. The number of hydrogen-bond acceptors (Lipinski definition) is 5. The molecule has 1 aliphatic rings. The van der Waals surface area contributed by atoms with Gasteiger partial charge in [0.05, 0.1) is 6.04 Å². The molecule has 0 spiro atoms. The molecule has 0 unspecified atom stereocenters. The first kappa shape index (κ1) is 17.4. The van der Waals surface area contributed by atoms with Gasteiger partial charge in [-0.15, -0.1) is 10.2 Å². The van der Waals surface area contributed by atoms with E-state index in [4.69, 9.17) is 16.0 Å². The molecule has 0 bridgehead atoms. The first-order chi connectivity index (χ1) is 11.6. The number of hydrogen-bond donors (Lipinski definition) is 0. The molecule has 1 aliphatic heterocycles. The van der Waals surface area contributed by atoms with E-state index >= 15 is 0 Å². The van der Waals surface area contributed by atoms with E-state index < -0.39 is 0 Å². The van der Waals surface area contributed by atoms with Crippen molar-refractivity contribution in [3.8, 4) is 0 Å². The molecule has 130 valence electrons. The van der Waals surface area contributed by atoms with Crippen LogP contribution in [0.2, 0.25) is 5.02 Å². The molecule has 5 nitrogen and oxygen atoms in total. The molecule has 0 radical (unpaired) electrons. The minimum atomic E-state index is 0.163. The first-order valence-electron chi connectivity index (χ1n) is 8.65. The largest absolute Gasteiger partial charge is 0.424 e. The van der Waals surface area contributed by atoms with E-state index in [1.54, 1.807) is 0 Å². The number of benzene rings is 1. The van der Waals surface area contributed by atoms with Crippen molar-refractivity contribution in [3.63, 3.8) is 0 Å². The van der Waals surface area contributed by atoms with Gasteiger partial charge in [0, 0.05) is 43.7 Å². The zero-order valence-electron chi connectivity index (χ0n) is 14.6. The van der Waals surface area contributed by atoms with Crippen molar-refractivity contribution in [1.29, 1.82) is 0 Å². The minimum absolute atomic E-state index is 0.163. The van der Waals surface area contributed by atoms with Gasteiger partial charge in [0.25, 0.3) is 0 Å². The fourth-order valence-electron chi connectivity index (χ4n) is 3.26. The van der Waals surface area contributed by atoms with Crippen molar-refractivity contribution >= 4 is 11.6 Å². The van der Waals surface area contributed by atoms with Gasteiger partial charge in [-0.1, -0.05) is 36.7 Å². The number of halogens is 1. The Morgan fingerprint density at radius 1 is 1.04 bits per heavy atom. The Morgan fingerprint density at radius 3 is 2.25 bits per heavy atom. The van der Waals surface area contributed by atoms with Crippen LogP contribution >= 0.6 is 11.6 Å². The quantitative estimate of drug-likeness (QED) is 0.824. The van der Waals surface area contributed by atoms with Crippen molar-refractivity contribution in [3.05, 3.63) is 46.6 Å². The summed E-state index contributed by atoms with van der Waals surface area (Å²) in [7, 11) is 0. The highest BCUT2D eigenvalue weighted by atomic mass is 35.5. The van der Waals surface area contributed by atoms with Crippen LogP contribution in [0.3, 0.4) is 0 Å². The van der Waals surface area contributed by atoms with Gasteiger partial charge in [0.1, 0.15) is 0 Å². The van der Waals surface area contributed by atoms with Crippen molar-refractivity contribution in [2.24, 2.45) is 0 Å². The van der Waals surface area contributed by atoms with Crippen LogP contribution < -0.4 is 0 Å². The van der Waals surface area contributed by atoms with Gasteiger partial charge in [0.15, 0.2) is 0 Å². The molecule has 1 aromatic heterocycles. The molecular formula is C18H25ClN4O. The average Bonchev–Trinajstić information content (AvgIpc) is 3.10. The summed E-state index contributed by atoms with van der Waals surface area (Å²) in [6, 6.07) is 8.60. The number of rotatable bonds is 5. The zero-order chi connectivity index (χ0) is 17.1. The lowest BCUT2D eigenvalue weighted by molar-refractivity contribution is 0.0696. The summed E-state index contributed by atoms with van der Waals surface area (Å²) >= 11 is 6.35. The fourth-order valence-corrected chi connectivity index (χ4v) is 3.55. The van der Waals surface area contributed by atoms with E-state index in [0.717, 1.165) is 43.5 Å². The standard InChI is InChI=1S/C18H25ClN4O/c1-4-17-20-21-18(24-17)14(3)23-11-9-22(10-12-23)13(2)15-7-5-6-8-16(15)19/h5-8,13-14H,4,9-12H2,1-3H3/t13-,14+/m1/s1. The monoisotopic (exact) mass is 348 g/mol. The van der Waals surface area contributed by atoms with E-state index in [0.29, 0.717) is 11.9 Å². The number of piperazine rings is 1. The molecule has 2 atom stereocenters. The van der Waals surface area contributed by atoms with Crippen LogP contribution in [0.5, 0.6) is 0 Å². The van der Waals surface area contributed by atoms with Crippen molar-refractivity contribution in [2.45, 2.75) is 39.3 Å². The molecule has 0 saturated carbocycles. The van der Waals surface area contributed by atoms with Crippen LogP contribution in [-0.2, 0) is 6.42 Å². The summed E-state index contributed by atoms with van der Waals surface area (Å²) in [5.74, 6) is 1.43. The molecule has 1 aromatic carbocycles. The van der Waals surface area contributed by atoms with Crippen LogP contribution in [0.25, 0.3) is 0 Å². The van der Waals surface area contributed by atoms with E-state index in [-0.39, 0.29) is 6.04 Å². The Labute approximate surface area is 148 Å². The average molecular weight is 349 g/mol. The molecule has 1 fully saturated rings. The highest BCUT2D eigenvalue weighted by Gasteiger charge is 2.28. The fraction of sp³-hybridized carbons (Fsp3) is 0.556. The maximum atomic E-state index is 6.35. The van der Waals surface area contributed by atoms with Crippen molar-refractivity contribution in [2.75, 3.05) is 26.2 Å². The molecule has 0 aliphatic carbocycles. The van der Waals surface area contributed by atoms with Gasteiger partial charge < -0.3 is 4.42 Å². The summed E-state index contributed by atoms with van der Waals surface area (Å²) in [4.78, 5) is 4.89. The maximum absolute atomic E-state index is 6.35. The molecule has 3 rings (SSSR count). The van der Waals surface area contributed by atoms with E-state index in [1.807, 2.05) is 19.1 Å². The maximum Gasteiger partial charge on any atom is 0.233 e. The SMILES string of the molecule is CCc1nnc([C@H](C)N2CCN([C@H](C)c3ccccc3Cl)CC2)o1. The first-order valence-corrected chi connectivity index (χ1v) is 9.02. The summed E-state index contributed by atoms with van der Waals surface area (Å²) < 4.78 is 5.71. The molecule has 0 amide bonds. The molecule has 6 heteroatoms. The topological polar surface area (TPSA) is 45.4 Å². The third-order valence-corrected chi connectivity index (χ3v) is 5.29. The van der Waals surface area contributed by atoms with E-state index in [1.165, 1.54) is 5.56 Å². The van der Waals surface area contributed by atoms with Gasteiger partial charge >= 0.3 is 0 Å². The lowest BCUT2D eigenvalue weighted by Gasteiger charge is -2.40. The Morgan fingerprint density at radius 2 is 1.67 bits per heavy atom. The molecule has 2 aromatic rings. The Kier molecular flexibility index (Phi) is 5.54. The molecule has 0 N–H and O–H groups in total. The third-order valence-electron chi connectivity index (χ3n) is 4.94. The van der Waals surface area contributed by atoms with Gasteiger partial charge in [-0.2, -0.15) is 0 Å². The summed E-state index contributed by atoms with van der Waals surface area (Å²) in [5.41, 5.74) is 1.20. The second-order valence-electron chi connectivity index (χ2n) is 6.33. The number of aromatic nitrogens is 2. The molecular weight excluding hydrogens is 324 g/mol. The minimum Gasteiger partial charge on any atom is -0.424 e. The smallest absolute Gasteiger partial charge is 0.233 e. The normalized spacial score (nSPS) is 19.3. The second kappa shape index (κ2) is 7.64. The van der Waals surface area contributed by atoms with Crippen LogP contribution in [0.4, 0.5) is 0 Å². The predicted octanol–water partition coefficient (Wildman–Crippen LogP) is 3.73. The predicted molar refractivity (Wildman–Crippen MR) is 95.1 cm³/mol. The molecule has 24 heavy (non-hydrogen) atoms. The van der Waals surface area contributed by atoms with Crippen LogP contribution in [0.1, 0.15) is 50.2 Å². The van der Waals surface area contributed by atoms with Crippen LogP contribution in [0, 0.1) is 0 Å². The highest BCUT2D eigenvalue weighted by molar-refractivity contribution is 6.31. The van der Waals surface area contributed by atoms with E-state index in [9.17, 15) is 0 Å². The van der Waals surface area contributed by atoms with Crippen molar-refractivity contribution < 1.29 is 4.42 Å². The lowest BCUT2D eigenvalue weighted by Crippen LogP contribution is -2.47. The zero-order valence-corrected chi connectivity index (χ0v) is 15.3. The number of nitrogens with zero attached hydrogens (tertiary/aromatic N) is 4. The van der Waals surface area contributed by atoms with E-state index in [2.05, 4.69) is 46.0 Å².